The molecule has 64 valence electrons. The van der Waals surface area contributed by atoms with E-state index in [1.54, 1.807) is 0 Å². The molecular weight excluding hydrogens is 216 g/mol. The predicted molar refractivity (Wildman–Crippen MR) is 53.3 cm³/mol. The topological polar surface area (TPSA) is 17.1 Å². The maximum atomic E-state index is 10.1. The predicted octanol–water partition coefficient (Wildman–Crippen LogP) is 2.89. The minimum absolute atomic E-state index is 0.614. The second-order valence-corrected chi connectivity index (χ2v) is 3.69. The Morgan fingerprint density at radius 2 is 2.25 bits per heavy atom. The summed E-state index contributed by atoms with van der Waals surface area (Å²) >= 11 is 3.39. The molecule has 0 aliphatic carbocycles. The van der Waals surface area contributed by atoms with Crippen molar-refractivity contribution in [3.63, 3.8) is 0 Å². The highest BCUT2D eigenvalue weighted by Crippen LogP contribution is 2.16. The molecule has 0 unspecified atom stereocenters. The van der Waals surface area contributed by atoms with Crippen LogP contribution in [0.4, 0.5) is 0 Å². The highest BCUT2D eigenvalue weighted by Gasteiger charge is 1.97. The van der Waals surface area contributed by atoms with Crippen molar-refractivity contribution in [1.29, 1.82) is 0 Å². The molecule has 0 spiro atoms. The minimum Gasteiger partial charge on any atom is -0.303 e. The fraction of sp³-hybridized carbons (Fsp3) is 0.300. The number of rotatable bonds is 3. The molecule has 1 aromatic carbocycles. The Labute approximate surface area is 80.9 Å². The van der Waals surface area contributed by atoms with Crippen LogP contribution in [0.2, 0.25) is 0 Å². The lowest BCUT2D eigenvalue weighted by Crippen LogP contribution is -1.89. The van der Waals surface area contributed by atoms with Crippen LogP contribution < -0.4 is 0 Å². The van der Waals surface area contributed by atoms with E-state index in [0.717, 1.165) is 17.2 Å². The van der Waals surface area contributed by atoms with Crippen molar-refractivity contribution < 1.29 is 4.79 Å². The summed E-state index contributed by atoms with van der Waals surface area (Å²) in [4.78, 5) is 10.1. The summed E-state index contributed by atoms with van der Waals surface area (Å²) in [5, 5.41) is 0. The van der Waals surface area contributed by atoms with Crippen LogP contribution in [0.3, 0.4) is 0 Å². The van der Waals surface area contributed by atoms with E-state index in [-0.39, 0.29) is 0 Å². The van der Waals surface area contributed by atoms with Gasteiger partial charge in [0, 0.05) is 10.9 Å². The summed E-state index contributed by atoms with van der Waals surface area (Å²) in [7, 11) is 0. The second kappa shape index (κ2) is 4.41. The zero-order valence-corrected chi connectivity index (χ0v) is 8.60. The van der Waals surface area contributed by atoms with Gasteiger partial charge in [0.2, 0.25) is 0 Å². The number of benzene rings is 1. The van der Waals surface area contributed by atoms with E-state index < -0.39 is 0 Å². The maximum absolute atomic E-state index is 10.1. The molecule has 0 N–H and O–H groups in total. The number of aryl methyl sites for hydroxylation is 2. The summed E-state index contributed by atoms with van der Waals surface area (Å²) in [5.74, 6) is 0. The van der Waals surface area contributed by atoms with Gasteiger partial charge in [-0.05, 0) is 36.6 Å². The Balaban J connectivity index is 2.78. The van der Waals surface area contributed by atoms with Gasteiger partial charge in [-0.3, -0.25) is 0 Å². The van der Waals surface area contributed by atoms with Crippen LogP contribution >= 0.6 is 15.9 Å². The molecule has 0 atom stereocenters. The molecule has 0 bridgehead atoms. The van der Waals surface area contributed by atoms with Crippen LogP contribution in [0.1, 0.15) is 17.5 Å². The molecule has 0 heterocycles. The van der Waals surface area contributed by atoms with Gasteiger partial charge in [0.1, 0.15) is 6.29 Å². The van der Waals surface area contributed by atoms with E-state index >= 15 is 0 Å². The number of hydrogen-bond acceptors (Lipinski definition) is 1. The van der Waals surface area contributed by atoms with Crippen LogP contribution in [0.5, 0.6) is 0 Å². The summed E-state index contributed by atoms with van der Waals surface area (Å²) in [6.07, 6.45) is 2.42. The van der Waals surface area contributed by atoms with Gasteiger partial charge in [-0.25, -0.2) is 0 Å². The number of hydrogen-bond donors (Lipinski definition) is 0. The molecular formula is C10H11BrO. The van der Waals surface area contributed by atoms with Gasteiger partial charge < -0.3 is 4.79 Å². The first kappa shape index (κ1) is 9.46. The van der Waals surface area contributed by atoms with E-state index in [1.165, 1.54) is 11.1 Å². The molecule has 1 nitrogen and oxygen atoms in total. The van der Waals surface area contributed by atoms with Crippen molar-refractivity contribution in [3.05, 3.63) is 33.8 Å². The van der Waals surface area contributed by atoms with Crippen LogP contribution in [0, 0.1) is 6.92 Å². The van der Waals surface area contributed by atoms with Crippen LogP contribution in [0.25, 0.3) is 0 Å². The molecule has 0 aromatic heterocycles. The number of halogens is 1. The SMILES string of the molecule is Cc1cc(Br)ccc1CCC=O. The van der Waals surface area contributed by atoms with Crippen molar-refractivity contribution >= 4 is 22.2 Å². The van der Waals surface area contributed by atoms with Gasteiger partial charge in [-0.15, -0.1) is 0 Å². The number of carbonyl (C=O) groups excluding carboxylic acids is 1. The lowest BCUT2D eigenvalue weighted by atomic mass is 10.0. The molecule has 0 aliphatic heterocycles. The molecule has 0 saturated carbocycles. The number of aldehydes is 1. The first-order valence-corrected chi connectivity index (χ1v) is 4.72. The van der Waals surface area contributed by atoms with E-state index in [0.29, 0.717) is 6.42 Å². The van der Waals surface area contributed by atoms with Crippen molar-refractivity contribution in [2.45, 2.75) is 19.8 Å². The van der Waals surface area contributed by atoms with Gasteiger partial charge >= 0.3 is 0 Å². The first-order valence-electron chi connectivity index (χ1n) is 3.92. The van der Waals surface area contributed by atoms with Crippen molar-refractivity contribution in [3.8, 4) is 0 Å². The Morgan fingerprint density at radius 3 is 2.83 bits per heavy atom. The van der Waals surface area contributed by atoms with E-state index in [1.807, 2.05) is 6.07 Å². The summed E-state index contributed by atoms with van der Waals surface area (Å²) in [6.45, 7) is 2.06. The molecule has 1 aromatic rings. The van der Waals surface area contributed by atoms with Gasteiger partial charge in [0.05, 0.1) is 0 Å². The van der Waals surface area contributed by atoms with Gasteiger partial charge in [-0.1, -0.05) is 22.0 Å². The Kier molecular flexibility index (Phi) is 3.48. The van der Waals surface area contributed by atoms with Gasteiger partial charge in [0.15, 0.2) is 0 Å². The van der Waals surface area contributed by atoms with Crippen LogP contribution in [0.15, 0.2) is 22.7 Å². The third kappa shape index (κ3) is 2.45. The van der Waals surface area contributed by atoms with Crippen LogP contribution in [-0.2, 0) is 11.2 Å². The van der Waals surface area contributed by atoms with Crippen molar-refractivity contribution in [1.82, 2.24) is 0 Å². The van der Waals surface area contributed by atoms with Crippen molar-refractivity contribution in [2.24, 2.45) is 0 Å². The lowest BCUT2D eigenvalue weighted by molar-refractivity contribution is -0.107. The fourth-order valence-corrected chi connectivity index (χ4v) is 1.63. The normalized spacial score (nSPS) is 9.83. The molecule has 1 rings (SSSR count). The van der Waals surface area contributed by atoms with E-state index in [2.05, 4.69) is 35.0 Å². The zero-order chi connectivity index (χ0) is 8.97. The van der Waals surface area contributed by atoms with E-state index in [9.17, 15) is 4.79 Å². The standard InChI is InChI=1S/C10H11BrO/c1-8-7-10(11)5-4-9(8)3-2-6-12/h4-7H,2-3H2,1H3. The first-order chi connectivity index (χ1) is 5.74. The molecule has 12 heavy (non-hydrogen) atoms. The fourth-order valence-electron chi connectivity index (χ4n) is 1.15. The molecule has 0 saturated heterocycles. The minimum atomic E-state index is 0.614. The molecule has 0 amide bonds. The molecule has 2 heteroatoms. The third-order valence-corrected chi connectivity index (χ3v) is 2.33. The van der Waals surface area contributed by atoms with E-state index in [4.69, 9.17) is 0 Å². The largest absolute Gasteiger partial charge is 0.303 e. The van der Waals surface area contributed by atoms with Gasteiger partial charge in [-0.2, -0.15) is 0 Å². The summed E-state index contributed by atoms with van der Waals surface area (Å²) in [6, 6.07) is 6.14. The molecule has 0 aliphatic rings. The van der Waals surface area contributed by atoms with Crippen molar-refractivity contribution in [2.75, 3.05) is 0 Å². The molecule has 0 radical (unpaired) electrons. The Bertz CT molecular complexity index is 281. The van der Waals surface area contributed by atoms with Crippen LogP contribution in [-0.4, -0.2) is 6.29 Å². The monoisotopic (exact) mass is 226 g/mol. The quantitative estimate of drug-likeness (QED) is 0.725. The Morgan fingerprint density at radius 1 is 1.50 bits per heavy atom. The second-order valence-electron chi connectivity index (χ2n) is 2.78. The summed E-state index contributed by atoms with van der Waals surface area (Å²) < 4.78 is 1.09. The third-order valence-electron chi connectivity index (χ3n) is 1.84. The summed E-state index contributed by atoms with van der Waals surface area (Å²) in [5.41, 5.74) is 2.50. The Hall–Kier alpha value is -0.630. The average Bonchev–Trinajstić information content (AvgIpc) is 2.03. The lowest BCUT2D eigenvalue weighted by Gasteiger charge is -2.03. The smallest absolute Gasteiger partial charge is 0.120 e. The van der Waals surface area contributed by atoms with Gasteiger partial charge in [0.25, 0.3) is 0 Å². The average molecular weight is 227 g/mol. The highest BCUT2D eigenvalue weighted by atomic mass is 79.9. The highest BCUT2D eigenvalue weighted by molar-refractivity contribution is 9.10. The number of carbonyl (C=O) groups is 1. The molecule has 0 fully saturated rings. The zero-order valence-electron chi connectivity index (χ0n) is 7.01. The maximum Gasteiger partial charge on any atom is 0.120 e.